The van der Waals surface area contributed by atoms with E-state index in [9.17, 15) is 13.2 Å². The van der Waals surface area contributed by atoms with E-state index in [1.165, 1.54) is 25.1 Å². The molecule has 110 valence electrons. The molecule has 5 nitrogen and oxygen atoms in total. The zero-order chi connectivity index (χ0) is 15.3. The van der Waals surface area contributed by atoms with Crippen molar-refractivity contribution in [3.8, 4) is 0 Å². The zero-order valence-corrected chi connectivity index (χ0v) is 12.6. The molecule has 0 unspecified atom stereocenters. The highest BCUT2D eigenvalue weighted by Crippen LogP contribution is 2.14. The highest BCUT2D eigenvalue weighted by molar-refractivity contribution is 7.89. The van der Waals surface area contributed by atoms with Crippen LogP contribution in [0.25, 0.3) is 6.08 Å². The first-order valence-electron chi connectivity index (χ1n) is 6.23. The smallest absolute Gasteiger partial charge is 0.331 e. The van der Waals surface area contributed by atoms with Gasteiger partial charge in [-0.25, -0.2) is 17.9 Å². The van der Waals surface area contributed by atoms with Gasteiger partial charge < -0.3 is 5.11 Å². The highest BCUT2D eigenvalue weighted by atomic mass is 32.2. The number of rotatable bonds is 6. The molecule has 0 heterocycles. The average molecular weight is 297 g/mol. The topological polar surface area (TPSA) is 83.5 Å². The first-order chi connectivity index (χ1) is 9.22. The Labute approximate surface area is 119 Å². The predicted octanol–water partition coefficient (Wildman–Crippen LogP) is 2.11. The summed E-state index contributed by atoms with van der Waals surface area (Å²) in [5.74, 6) is -0.821. The third-order valence-corrected chi connectivity index (χ3v) is 3.99. The highest BCUT2D eigenvalue weighted by Gasteiger charge is 2.14. The third-order valence-electron chi connectivity index (χ3n) is 2.57. The van der Waals surface area contributed by atoms with Gasteiger partial charge in [0.1, 0.15) is 0 Å². The van der Waals surface area contributed by atoms with Crippen LogP contribution in [0.15, 0.2) is 34.7 Å². The van der Waals surface area contributed by atoms with Gasteiger partial charge in [-0.1, -0.05) is 26.0 Å². The van der Waals surface area contributed by atoms with E-state index in [0.29, 0.717) is 12.1 Å². The molecule has 0 aromatic heterocycles. The average Bonchev–Trinajstić information content (AvgIpc) is 2.36. The van der Waals surface area contributed by atoms with Crippen LogP contribution in [0.1, 0.15) is 26.3 Å². The molecule has 6 heteroatoms. The van der Waals surface area contributed by atoms with Crippen molar-refractivity contribution in [2.75, 3.05) is 6.54 Å². The minimum absolute atomic E-state index is 0.130. The summed E-state index contributed by atoms with van der Waals surface area (Å²) in [6.07, 6.45) is 1.43. The fraction of sp³-hybridized carbons (Fsp3) is 0.357. The van der Waals surface area contributed by atoms with Gasteiger partial charge in [-0.15, -0.1) is 0 Å². The maximum atomic E-state index is 12.1. The lowest BCUT2D eigenvalue weighted by Crippen LogP contribution is -2.27. The predicted molar refractivity (Wildman–Crippen MR) is 77.8 cm³/mol. The lowest BCUT2D eigenvalue weighted by molar-refractivity contribution is -0.132. The second-order valence-corrected chi connectivity index (χ2v) is 6.72. The molecule has 0 atom stereocenters. The number of aliphatic carboxylic acids is 1. The van der Waals surface area contributed by atoms with E-state index < -0.39 is 16.0 Å². The van der Waals surface area contributed by atoms with Gasteiger partial charge in [-0.05, 0) is 36.6 Å². The maximum Gasteiger partial charge on any atom is 0.331 e. The van der Waals surface area contributed by atoms with Crippen LogP contribution >= 0.6 is 0 Å². The van der Waals surface area contributed by atoms with Crippen LogP contribution in [0.2, 0.25) is 0 Å². The molecule has 0 amide bonds. The molecule has 0 saturated heterocycles. The Morgan fingerprint density at radius 1 is 1.40 bits per heavy atom. The lowest BCUT2D eigenvalue weighted by Gasteiger charge is -2.09. The number of hydrogen-bond donors (Lipinski definition) is 2. The molecule has 0 radical (unpaired) electrons. The van der Waals surface area contributed by atoms with Crippen LogP contribution in [0.3, 0.4) is 0 Å². The molecule has 1 rings (SSSR count). The minimum Gasteiger partial charge on any atom is -0.478 e. The van der Waals surface area contributed by atoms with Crippen molar-refractivity contribution >= 4 is 22.1 Å². The molecule has 0 bridgehead atoms. The van der Waals surface area contributed by atoms with Gasteiger partial charge in [0.15, 0.2) is 0 Å². The van der Waals surface area contributed by atoms with Crippen molar-refractivity contribution in [1.29, 1.82) is 0 Å². The van der Waals surface area contributed by atoms with E-state index >= 15 is 0 Å². The first-order valence-corrected chi connectivity index (χ1v) is 7.72. The summed E-state index contributed by atoms with van der Waals surface area (Å²) in [5.41, 5.74) is 0.687. The molecule has 0 fully saturated rings. The fourth-order valence-corrected chi connectivity index (χ4v) is 2.71. The van der Waals surface area contributed by atoms with Crippen LogP contribution in [0, 0.1) is 5.92 Å². The van der Waals surface area contributed by atoms with Crippen molar-refractivity contribution in [1.82, 2.24) is 4.72 Å². The van der Waals surface area contributed by atoms with Crippen LogP contribution in [-0.4, -0.2) is 26.0 Å². The zero-order valence-electron chi connectivity index (χ0n) is 11.8. The van der Waals surface area contributed by atoms with Gasteiger partial charge in [0.05, 0.1) is 4.90 Å². The van der Waals surface area contributed by atoms with Crippen molar-refractivity contribution < 1.29 is 18.3 Å². The monoisotopic (exact) mass is 297 g/mol. The van der Waals surface area contributed by atoms with Crippen LogP contribution in [0.5, 0.6) is 0 Å². The van der Waals surface area contributed by atoms with Gasteiger partial charge >= 0.3 is 5.97 Å². The van der Waals surface area contributed by atoms with Gasteiger partial charge in [-0.2, -0.15) is 0 Å². The van der Waals surface area contributed by atoms with Gasteiger partial charge in [0.25, 0.3) is 0 Å². The van der Waals surface area contributed by atoms with Crippen molar-refractivity contribution in [2.24, 2.45) is 5.92 Å². The third kappa shape index (κ3) is 4.79. The molecule has 20 heavy (non-hydrogen) atoms. The number of carboxylic acids is 1. The van der Waals surface area contributed by atoms with Gasteiger partial charge in [0.2, 0.25) is 10.0 Å². The Kier molecular flexibility index (Phi) is 5.47. The molecule has 2 N–H and O–H groups in total. The van der Waals surface area contributed by atoms with Crippen molar-refractivity contribution in [3.05, 3.63) is 35.4 Å². The van der Waals surface area contributed by atoms with E-state index in [2.05, 4.69) is 4.72 Å². The molecule has 1 aromatic carbocycles. The number of sulfonamides is 1. The number of hydrogen-bond acceptors (Lipinski definition) is 3. The number of carboxylic acid groups (broad SMARTS) is 1. The normalized spacial score (nSPS) is 12.7. The van der Waals surface area contributed by atoms with E-state index in [1.807, 2.05) is 13.8 Å². The Morgan fingerprint density at radius 2 is 2.05 bits per heavy atom. The molecule has 1 aromatic rings. The summed E-state index contributed by atoms with van der Waals surface area (Å²) in [7, 11) is -3.56. The molecule has 0 spiro atoms. The lowest BCUT2D eigenvalue weighted by atomic mass is 10.1. The summed E-state index contributed by atoms with van der Waals surface area (Å²) in [6, 6.07) is 6.18. The number of nitrogens with one attached hydrogen (secondary N) is 1. The van der Waals surface area contributed by atoms with E-state index in [4.69, 9.17) is 5.11 Å². The summed E-state index contributed by atoms with van der Waals surface area (Å²) < 4.78 is 26.6. The first kappa shape index (κ1) is 16.4. The number of carbonyl (C=O) groups is 1. The Balaban J connectivity index is 3.04. The summed E-state index contributed by atoms with van der Waals surface area (Å²) in [4.78, 5) is 10.9. The van der Waals surface area contributed by atoms with Crippen molar-refractivity contribution in [2.45, 2.75) is 25.7 Å². The molecular weight excluding hydrogens is 278 g/mol. The van der Waals surface area contributed by atoms with Crippen LogP contribution in [0.4, 0.5) is 0 Å². The fourth-order valence-electron chi connectivity index (χ4n) is 1.44. The van der Waals surface area contributed by atoms with Crippen molar-refractivity contribution in [3.63, 3.8) is 0 Å². The van der Waals surface area contributed by atoms with Crippen LogP contribution < -0.4 is 4.72 Å². The largest absolute Gasteiger partial charge is 0.478 e. The van der Waals surface area contributed by atoms with E-state index in [1.54, 1.807) is 12.1 Å². The van der Waals surface area contributed by atoms with Gasteiger partial charge in [0, 0.05) is 12.1 Å². The Bertz CT molecular complexity index is 618. The summed E-state index contributed by atoms with van der Waals surface area (Å²) >= 11 is 0. The second kappa shape index (κ2) is 6.67. The van der Waals surface area contributed by atoms with Gasteiger partial charge in [-0.3, -0.25) is 0 Å². The Hall–Kier alpha value is -1.66. The molecule has 0 saturated carbocycles. The van der Waals surface area contributed by atoms with E-state index in [0.717, 1.165) is 0 Å². The standard InChI is InChI=1S/C14H19NO4S/c1-10(2)9-15-20(18,19)13-6-4-5-12(8-13)7-11(3)14(16)17/h4-8,10,15H,9H2,1-3H3,(H,16,17). The summed E-state index contributed by atoms with van der Waals surface area (Å²) in [5, 5.41) is 8.82. The molecule has 0 aliphatic heterocycles. The SMILES string of the molecule is CC(=Cc1cccc(S(=O)(=O)NCC(C)C)c1)C(=O)O. The van der Waals surface area contributed by atoms with E-state index in [-0.39, 0.29) is 16.4 Å². The number of benzene rings is 1. The molecular formula is C14H19NO4S. The van der Waals surface area contributed by atoms with Crippen LogP contribution in [-0.2, 0) is 14.8 Å². The Morgan fingerprint density at radius 3 is 2.60 bits per heavy atom. The molecule has 0 aliphatic carbocycles. The quantitative estimate of drug-likeness (QED) is 0.788. The second-order valence-electron chi connectivity index (χ2n) is 4.95. The minimum atomic E-state index is -3.56. The summed E-state index contributed by atoms with van der Waals surface area (Å²) in [6.45, 7) is 5.65. The maximum absolute atomic E-state index is 12.1. The molecule has 0 aliphatic rings.